The fourth-order valence-corrected chi connectivity index (χ4v) is 3.71. The van der Waals surface area contributed by atoms with Crippen LogP contribution in [0.3, 0.4) is 0 Å². The van der Waals surface area contributed by atoms with Crippen molar-refractivity contribution in [2.45, 2.75) is 18.7 Å². The Morgan fingerprint density at radius 3 is 2.25 bits per heavy atom. The summed E-state index contributed by atoms with van der Waals surface area (Å²) in [5.41, 5.74) is 3.79. The van der Waals surface area contributed by atoms with Gasteiger partial charge in [0.05, 0.1) is 11.3 Å². The standard InChI is InChI=1S/C25H24N2O4S/c1-17-10-12-19(13-11-17)26-24(29)16-32-22-9-4-3-8-21(22)25(30)31-15-23(28)27-20-7-5-6-18(2)14-20/h3-14H,15-16H2,1-2H3,(H,26,29)(H,27,28). The fourth-order valence-electron chi connectivity index (χ4n) is 2.87. The molecule has 32 heavy (non-hydrogen) atoms. The van der Waals surface area contributed by atoms with Crippen molar-refractivity contribution in [3.05, 3.63) is 89.5 Å². The number of aryl methyl sites for hydroxylation is 2. The number of hydrogen-bond donors (Lipinski definition) is 2. The molecule has 2 N–H and O–H groups in total. The molecule has 3 rings (SSSR count). The normalized spacial score (nSPS) is 10.3. The predicted molar refractivity (Wildman–Crippen MR) is 127 cm³/mol. The molecular weight excluding hydrogens is 424 g/mol. The van der Waals surface area contributed by atoms with Gasteiger partial charge in [-0.3, -0.25) is 9.59 Å². The number of ether oxygens (including phenoxy) is 1. The summed E-state index contributed by atoms with van der Waals surface area (Å²) in [6.07, 6.45) is 0. The molecule has 0 saturated carbocycles. The SMILES string of the molecule is Cc1ccc(NC(=O)CSc2ccccc2C(=O)OCC(=O)Nc2cccc(C)c2)cc1. The lowest BCUT2D eigenvalue weighted by Gasteiger charge is -2.10. The number of carbonyl (C=O) groups excluding carboxylic acids is 3. The number of thioether (sulfide) groups is 1. The molecule has 6 nitrogen and oxygen atoms in total. The Morgan fingerprint density at radius 2 is 1.50 bits per heavy atom. The van der Waals surface area contributed by atoms with Crippen LogP contribution in [-0.2, 0) is 14.3 Å². The van der Waals surface area contributed by atoms with Crippen molar-refractivity contribution < 1.29 is 19.1 Å². The van der Waals surface area contributed by atoms with Gasteiger partial charge in [-0.25, -0.2) is 4.79 Å². The predicted octanol–water partition coefficient (Wildman–Crippen LogP) is 4.83. The minimum Gasteiger partial charge on any atom is -0.452 e. The van der Waals surface area contributed by atoms with Gasteiger partial charge in [0.2, 0.25) is 5.91 Å². The van der Waals surface area contributed by atoms with E-state index in [4.69, 9.17) is 4.74 Å². The van der Waals surface area contributed by atoms with E-state index in [0.717, 1.165) is 11.1 Å². The van der Waals surface area contributed by atoms with Gasteiger partial charge < -0.3 is 15.4 Å². The summed E-state index contributed by atoms with van der Waals surface area (Å²) in [6, 6.07) is 21.7. The summed E-state index contributed by atoms with van der Waals surface area (Å²) in [5.74, 6) is -1.09. The maximum absolute atomic E-state index is 12.5. The van der Waals surface area contributed by atoms with Crippen molar-refractivity contribution in [3.8, 4) is 0 Å². The Labute approximate surface area is 191 Å². The molecule has 164 valence electrons. The second kappa shape index (κ2) is 11.2. The van der Waals surface area contributed by atoms with Crippen LogP contribution in [0.4, 0.5) is 11.4 Å². The van der Waals surface area contributed by atoms with Crippen molar-refractivity contribution in [2.75, 3.05) is 23.0 Å². The first kappa shape index (κ1) is 23.1. The van der Waals surface area contributed by atoms with Crippen LogP contribution in [0.15, 0.2) is 77.7 Å². The van der Waals surface area contributed by atoms with E-state index in [9.17, 15) is 14.4 Å². The minimum absolute atomic E-state index is 0.131. The number of anilines is 2. The molecule has 0 atom stereocenters. The fraction of sp³-hybridized carbons (Fsp3) is 0.160. The zero-order valence-electron chi connectivity index (χ0n) is 17.9. The maximum atomic E-state index is 12.5. The van der Waals surface area contributed by atoms with Gasteiger partial charge >= 0.3 is 5.97 Å². The van der Waals surface area contributed by atoms with Gasteiger partial charge in [-0.1, -0.05) is 42.0 Å². The molecule has 3 aromatic carbocycles. The Balaban J connectivity index is 1.53. The number of esters is 1. The maximum Gasteiger partial charge on any atom is 0.339 e. The summed E-state index contributed by atoms with van der Waals surface area (Å²) in [6.45, 7) is 3.49. The smallest absolute Gasteiger partial charge is 0.339 e. The van der Waals surface area contributed by atoms with Crippen molar-refractivity contribution in [1.29, 1.82) is 0 Å². The van der Waals surface area contributed by atoms with E-state index in [2.05, 4.69) is 10.6 Å². The Bertz CT molecular complexity index is 1110. The van der Waals surface area contributed by atoms with Crippen LogP contribution in [0.5, 0.6) is 0 Å². The highest BCUT2D eigenvalue weighted by Crippen LogP contribution is 2.24. The molecule has 0 aliphatic heterocycles. The zero-order valence-corrected chi connectivity index (χ0v) is 18.7. The van der Waals surface area contributed by atoms with Crippen LogP contribution in [0.1, 0.15) is 21.5 Å². The molecule has 0 bridgehead atoms. The highest BCUT2D eigenvalue weighted by molar-refractivity contribution is 8.00. The van der Waals surface area contributed by atoms with Gasteiger partial charge in [0.1, 0.15) is 0 Å². The van der Waals surface area contributed by atoms with Crippen LogP contribution < -0.4 is 10.6 Å². The number of carbonyl (C=O) groups is 3. The van der Waals surface area contributed by atoms with Gasteiger partial charge in [0.15, 0.2) is 6.61 Å². The minimum atomic E-state index is -0.619. The van der Waals surface area contributed by atoms with Crippen LogP contribution >= 0.6 is 11.8 Å². The Morgan fingerprint density at radius 1 is 0.781 bits per heavy atom. The first-order valence-electron chi connectivity index (χ1n) is 10.0. The van der Waals surface area contributed by atoms with Gasteiger partial charge in [-0.2, -0.15) is 0 Å². The molecule has 0 spiro atoms. The molecule has 0 heterocycles. The Kier molecular flexibility index (Phi) is 8.05. The number of nitrogens with one attached hydrogen (secondary N) is 2. The third-order valence-corrected chi connectivity index (χ3v) is 5.51. The van der Waals surface area contributed by atoms with Crippen molar-refractivity contribution >= 4 is 40.9 Å². The summed E-state index contributed by atoms with van der Waals surface area (Å²) >= 11 is 1.23. The monoisotopic (exact) mass is 448 g/mol. The van der Waals surface area contributed by atoms with Crippen LogP contribution in [0.2, 0.25) is 0 Å². The first-order chi connectivity index (χ1) is 15.4. The largest absolute Gasteiger partial charge is 0.452 e. The van der Waals surface area contributed by atoms with E-state index in [1.807, 2.05) is 56.3 Å². The second-order valence-corrected chi connectivity index (χ2v) is 8.21. The molecule has 3 aromatic rings. The molecule has 0 radical (unpaired) electrons. The van der Waals surface area contributed by atoms with E-state index >= 15 is 0 Å². The summed E-state index contributed by atoms with van der Waals surface area (Å²) < 4.78 is 5.18. The Hall–Kier alpha value is -3.58. The van der Waals surface area contributed by atoms with E-state index in [0.29, 0.717) is 21.8 Å². The van der Waals surface area contributed by atoms with Crippen molar-refractivity contribution in [2.24, 2.45) is 0 Å². The molecule has 0 fully saturated rings. The lowest BCUT2D eigenvalue weighted by Crippen LogP contribution is -2.21. The van der Waals surface area contributed by atoms with Crippen molar-refractivity contribution in [1.82, 2.24) is 0 Å². The molecule has 2 amide bonds. The summed E-state index contributed by atoms with van der Waals surface area (Å²) in [7, 11) is 0. The molecule has 7 heteroatoms. The first-order valence-corrected chi connectivity index (χ1v) is 11.0. The number of rotatable bonds is 8. The topological polar surface area (TPSA) is 84.5 Å². The average molecular weight is 449 g/mol. The molecule has 0 aromatic heterocycles. The second-order valence-electron chi connectivity index (χ2n) is 7.19. The molecule has 0 saturated heterocycles. The average Bonchev–Trinajstić information content (AvgIpc) is 2.78. The number of benzene rings is 3. The van der Waals surface area contributed by atoms with Gasteiger partial charge in [-0.15, -0.1) is 11.8 Å². The highest BCUT2D eigenvalue weighted by Gasteiger charge is 2.16. The molecular formula is C25H24N2O4S. The third kappa shape index (κ3) is 6.99. The lowest BCUT2D eigenvalue weighted by atomic mass is 10.2. The van der Waals surface area contributed by atoms with Gasteiger partial charge in [0, 0.05) is 16.3 Å². The van der Waals surface area contributed by atoms with Crippen LogP contribution in [0.25, 0.3) is 0 Å². The van der Waals surface area contributed by atoms with Crippen molar-refractivity contribution in [3.63, 3.8) is 0 Å². The van der Waals surface area contributed by atoms with Gasteiger partial charge in [-0.05, 0) is 55.8 Å². The number of amides is 2. The summed E-state index contributed by atoms with van der Waals surface area (Å²) in [5, 5.41) is 5.52. The van der Waals surface area contributed by atoms with Crippen LogP contribution in [0, 0.1) is 13.8 Å². The zero-order chi connectivity index (χ0) is 22.9. The lowest BCUT2D eigenvalue weighted by molar-refractivity contribution is -0.119. The number of hydrogen-bond acceptors (Lipinski definition) is 5. The third-order valence-electron chi connectivity index (χ3n) is 4.44. The summed E-state index contributed by atoms with van der Waals surface area (Å²) in [4.78, 5) is 37.5. The van der Waals surface area contributed by atoms with E-state index in [1.54, 1.807) is 30.3 Å². The van der Waals surface area contributed by atoms with E-state index in [-0.39, 0.29) is 11.7 Å². The van der Waals surface area contributed by atoms with Gasteiger partial charge in [0.25, 0.3) is 5.91 Å². The molecule has 0 aliphatic carbocycles. The molecule has 0 unspecified atom stereocenters. The molecule has 0 aliphatic rings. The van der Waals surface area contributed by atoms with Crippen LogP contribution in [-0.4, -0.2) is 30.1 Å². The van der Waals surface area contributed by atoms with E-state index in [1.165, 1.54) is 11.8 Å². The van der Waals surface area contributed by atoms with E-state index < -0.39 is 18.5 Å². The highest BCUT2D eigenvalue weighted by atomic mass is 32.2. The quantitative estimate of drug-likeness (QED) is 0.381.